The smallest absolute Gasteiger partial charge is 0.341 e. The molecule has 0 amide bonds. The van der Waals surface area contributed by atoms with Gasteiger partial charge in [0.15, 0.2) is 11.6 Å². The lowest BCUT2D eigenvalue weighted by Gasteiger charge is -2.28. The Labute approximate surface area is 177 Å². The summed E-state index contributed by atoms with van der Waals surface area (Å²) in [6, 6.07) is 0.0814. The van der Waals surface area contributed by atoms with E-state index in [0.717, 1.165) is 19.3 Å². The molecule has 2 aliphatic carbocycles. The van der Waals surface area contributed by atoms with Crippen molar-refractivity contribution < 1.29 is 18.7 Å². The minimum atomic E-state index is -1.45. The summed E-state index contributed by atoms with van der Waals surface area (Å²) in [6.45, 7) is 0.902. The Balaban J connectivity index is 1.72. The maximum atomic E-state index is 15.9. The van der Waals surface area contributed by atoms with Crippen LogP contribution in [0.15, 0.2) is 23.1 Å². The molecule has 3 unspecified atom stereocenters. The number of nitrogens with zero attached hydrogens (tertiary/aromatic N) is 2. The zero-order valence-corrected chi connectivity index (χ0v) is 17.1. The molecule has 164 valence electrons. The Morgan fingerprint density at radius 1 is 1.26 bits per heavy atom. The molecule has 1 aromatic heterocycles. The zero-order valence-electron chi connectivity index (χ0n) is 17.1. The van der Waals surface area contributed by atoms with Gasteiger partial charge in [-0.1, -0.05) is 12.2 Å². The summed E-state index contributed by atoms with van der Waals surface area (Å²) in [6.07, 6.45) is 7.66. The van der Waals surface area contributed by atoms with E-state index in [1.54, 1.807) is 4.90 Å². The Morgan fingerprint density at radius 3 is 2.65 bits per heavy atom. The highest BCUT2D eigenvalue weighted by atomic mass is 19.1. The average Bonchev–Trinajstić information content (AvgIpc) is 3.49. The number of nitrogens with two attached hydrogens (primary N) is 1. The topological polar surface area (TPSA) is 101 Å². The number of aromatic carboxylic acids is 1. The number of anilines is 2. The molecular weight excluding hydrogens is 406 g/mol. The molecule has 1 aromatic carbocycles. The van der Waals surface area contributed by atoms with Gasteiger partial charge >= 0.3 is 5.97 Å². The van der Waals surface area contributed by atoms with Gasteiger partial charge in [0.2, 0.25) is 5.43 Å². The van der Waals surface area contributed by atoms with E-state index < -0.39 is 39.7 Å². The van der Waals surface area contributed by atoms with Crippen LogP contribution in [0.25, 0.3) is 10.9 Å². The number of carboxylic acid groups (broad SMARTS) is 1. The SMILES string of the molecule is CNC1CC=CC2CN(c3c(F)c(N)c4c(=O)c(C(=O)O)cn(C5CC5)c4c3F)CC21. The highest BCUT2D eigenvalue weighted by Gasteiger charge is 2.41. The van der Waals surface area contributed by atoms with Crippen LogP contribution in [0.3, 0.4) is 0 Å². The van der Waals surface area contributed by atoms with Crippen LogP contribution in [0.2, 0.25) is 0 Å². The summed E-state index contributed by atoms with van der Waals surface area (Å²) in [5, 5.41) is 12.3. The Bertz CT molecular complexity index is 1190. The molecule has 2 aromatic rings. The quantitative estimate of drug-likeness (QED) is 0.509. The highest BCUT2D eigenvalue weighted by Crippen LogP contribution is 2.43. The first-order valence-corrected chi connectivity index (χ1v) is 10.5. The van der Waals surface area contributed by atoms with E-state index in [2.05, 4.69) is 17.5 Å². The van der Waals surface area contributed by atoms with Gasteiger partial charge in [0, 0.05) is 37.3 Å². The van der Waals surface area contributed by atoms with Crippen molar-refractivity contribution in [3.05, 3.63) is 45.8 Å². The monoisotopic (exact) mass is 430 g/mol. The van der Waals surface area contributed by atoms with E-state index >= 15 is 8.78 Å². The number of pyridine rings is 1. The van der Waals surface area contributed by atoms with Crippen LogP contribution in [0, 0.1) is 23.5 Å². The second kappa shape index (κ2) is 7.05. The Morgan fingerprint density at radius 2 is 2.00 bits per heavy atom. The number of fused-ring (bicyclic) bond motifs is 2. The lowest BCUT2D eigenvalue weighted by Crippen LogP contribution is -2.39. The molecule has 0 radical (unpaired) electrons. The number of halogens is 2. The van der Waals surface area contributed by atoms with Crippen LogP contribution in [-0.4, -0.2) is 41.8 Å². The van der Waals surface area contributed by atoms with Crippen molar-refractivity contribution in [3.8, 4) is 0 Å². The minimum absolute atomic E-state index is 0.109. The lowest BCUT2D eigenvalue weighted by atomic mass is 9.83. The molecule has 3 atom stereocenters. The van der Waals surface area contributed by atoms with Crippen molar-refractivity contribution in [1.82, 2.24) is 9.88 Å². The van der Waals surface area contributed by atoms with E-state index in [4.69, 9.17) is 5.73 Å². The van der Waals surface area contributed by atoms with E-state index in [0.29, 0.717) is 13.1 Å². The Hall–Kier alpha value is -2.94. The van der Waals surface area contributed by atoms with Gasteiger partial charge in [-0.05, 0) is 32.2 Å². The minimum Gasteiger partial charge on any atom is -0.477 e. The molecule has 1 saturated carbocycles. The van der Waals surface area contributed by atoms with Crippen LogP contribution >= 0.6 is 0 Å². The number of hydrogen-bond donors (Lipinski definition) is 3. The zero-order chi connectivity index (χ0) is 22.0. The summed E-state index contributed by atoms with van der Waals surface area (Å²) < 4.78 is 32.8. The first-order chi connectivity index (χ1) is 14.8. The highest BCUT2D eigenvalue weighted by molar-refractivity contribution is 5.99. The molecule has 5 rings (SSSR count). The van der Waals surface area contributed by atoms with Gasteiger partial charge < -0.3 is 25.6 Å². The van der Waals surface area contributed by atoms with Crippen molar-refractivity contribution >= 4 is 28.2 Å². The van der Waals surface area contributed by atoms with Crippen molar-refractivity contribution in [2.75, 3.05) is 30.8 Å². The van der Waals surface area contributed by atoms with Gasteiger partial charge in [0.25, 0.3) is 0 Å². The molecule has 2 fully saturated rings. The first-order valence-electron chi connectivity index (χ1n) is 10.5. The molecular formula is C22H24F2N4O3. The number of aromatic nitrogens is 1. The molecule has 0 bridgehead atoms. The molecule has 3 aliphatic rings. The van der Waals surface area contributed by atoms with E-state index in [-0.39, 0.29) is 35.1 Å². The van der Waals surface area contributed by atoms with Gasteiger partial charge in [-0.2, -0.15) is 0 Å². The number of nitrogen functional groups attached to an aromatic ring is 1. The average molecular weight is 430 g/mol. The molecule has 7 nitrogen and oxygen atoms in total. The number of hydrogen-bond acceptors (Lipinski definition) is 5. The molecule has 1 aliphatic heterocycles. The Kier molecular flexibility index (Phi) is 4.55. The third kappa shape index (κ3) is 2.94. The van der Waals surface area contributed by atoms with Gasteiger partial charge in [-0.15, -0.1) is 0 Å². The summed E-state index contributed by atoms with van der Waals surface area (Å²) in [4.78, 5) is 26.0. The van der Waals surface area contributed by atoms with E-state index in [9.17, 15) is 14.7 Å². The maximum Gasteiger partial charge on any atom is 0.341 e. The second-order valence-corrected chi connectivity index (χ2v) is 8.72. The summed E-state index contributed by atoms with van der Waals surface area (Å²) >= 11 is 0. The molecule has 31 heavy (non-hydrogen) atoms. The van der Waals surface area contributed by atoms with Crippen molar-refractivity contribution in [3.63, 3.8) is 0 Å². The summed E-state index contributed by atoms with van der Waals surface area (Å²) in [5.74, 6) is -2.95. The van der Waals surface area contributed by atoms with Gasteiger partial charge in [-0.3, -0.25) is 4.79 Å². The predicted molar refractivity (Wildman–Crippen MR) is 114 cm³/mol. The van der Waals surface area contributed by atoms with E-state index in [1.807, 2.05) is 7.05 Å². The number of rotatable bonds is 4. The molecule has 4 N–H and O–H groups in total. The maximum absolute atomic E-state index is 15.9. The van der Waals surface area contributed by atoms with Gasteiger partial charge in [-0.25, -0.2) is 13.6 Å². The fraction of sp³-hybridized carbons (Fsp3) is 0.455. The van der Waals surface area contributed by atoms with Crippen LogP contribution in [0.1, 0.15) is 35.7 Å². The summed E-state index contributed by atoms with van der Waals surface area (Å²) in [5.41, 5.74) is 3.67. The van der Waals surface area contributed by atoms with Crippen molar-refractivity contribution in [2.24, 2.45) is 11.8 Å². The van der Waals surface area contributed by atoms with E-state index in [1.165, 1.54) is 10.8 Å². The first kappa shape index (κ1) is 20.0. The number of nitrogens with one attached hydrogen (secondary N) is 1. The fourth-order valence-electron chi connectivity index (χ4n) is 5.20. The molecule has 9 heteroatoms. The number of carbonyl (C=O) groups is 1. The third-order valence-corrected chi connectivity index (χ3v) is 6.92. The largest absolute Gasteiger partial charge is 0.477 e. The van der Waals surface area contributed by atoms with Gasteiger partial charge in [0.1, 0.15) is 11.3 Å². The molecule has 0 spiro atoms. The van der Waals surface area contributed by atoms with Crippen molar-refractivity contribution in [1.29, 1.82) is 0 Å². The predicted octanol–water partition coefficient (Wildman–Crippen LogP) is 2.50. The van der Waals surface area contributed by atoms with Crippen molar-refractivity contribution in [2.45, 2.75) is 31.3 Å². The number of carboxylic acids is 1. The second-order valence-electron chi connectivity index (χ2n) is 8.72. The normalized spacial score (nSPS) is 25.3. The van der Waals surface area contributed by atoms with Gasteiger partial charge in [0.05, 0.1) is 16.6 Å². The molecule has 2 heterocycles. The number of benzene rings is 1. The fourth-order valence-corrected chi connectivity index (χ4v) is 5.20. The van der Waals surface area contributed by atoms with Crippen LogP contribution < -0.4 is 21.4 Å². The van der Waals surface area contributed by atoms with Crippen LogP contribution in [0.4, 0.5) is 20.2 Å². The molecule has 1 saturated heterocycles. The third-order valence-electron chi connectivity index (χ3n) is 6.92. The summed E-state index contributed by atoms with van der Waals surface area (Å²) in [7, 11) is 1.88. The lowest BCUT2D eigenvalue weighted by molar-refractivity contribution is 0.0695. The standard InChI is InChI=1S/C22H24F2N4O3/c1-26-14-4-2-3-10-7-27(8-12(10)14)20-16(23)18(25)15-19(17(20)24)28(11-5-6-11)9-13(21(15)29)22(30)31/h2-3,9-12,14,26H,4-8,25H2,1H3,(H,30,31). The van der Waals surface area contributed by atoms with Crippen LogP contribution in [-0.2, 0) is 0 Å². The van der Waals surface area contributed by atoms with Crippen LogP contribution in [0.5, 0.6) is 0 Å².